The molecule has 0 unspecified atom stereocenters. The molecule has 3 nitrogen and oxygen atoms in total. The van der Waals surface area contributed by atoms with Crippen LogP contribution in [0.15, 0.2) is 54.6 Å². The first-order chi connectivity index (χ1) is 9.28. The minimum Gasteiger partial charge on any atom is -0.497 e. The summed E-state index contributed by atoms with van der Waals surface area (Å²) in [6, 6.07) is 16.8. The summed E-state index contributed by atoms with van der Waals surface area (Å²) in [7, 11) is 1.61. The molecule has 0 aromatic heterocycles. The average Bonchev–Trinajstić information content (AvgIpc) is 2.47. The molecule has 0 aliphatic rings. The predicted molar refractivity (Wildman–Crippen MR) is 73.6 cm³/mol. The van der Waals surface area contributed by atoms with Crippen LogP contribution in [0, 0.1) is 0 Å². The van der Waals surface area contributed by atoms with Gasteiger partial charge in [0.05, 0.1) is 7.11 Å². The number of ether oxygens (including phenoxy) is 2. The van der Waals surface area contributed by atoms with Crippen LogP contribution in [0.5, 0.6) is 11.5 Å². The van der Waals surface area contributed by atoms with E-state index in [1.54, 1.807) is 31.4 Å². The SMILES string of the molecule is COc1ccc(OCC(=O)Cc2ccccc2)cc1. The van der Waals surface area contributed by atoms with Crippen molar-refractivity contribution in [2.45, 2.75) is 6.42 Å². The van der Waals surface area contributed by atoms with Crippen molar-refractivity contribution in [3.63, 3.8) is 0 Å². The summed E-state index contributed by atoms with van der Waals surface area (Å²) in [5.41, 5.74) is 1.01. The van der Waals surface area contributed by atoms with Crippen molar-refractivity contribution in [3.8, 4) is 11.5 Å². The first-order valence-electron chi connectivity index (χ1n) is 6.10. The molecule has 0 amide bonds. The van der Waals surface area contributed by atoms with Gasteiger partial charge in [-0.15, -0.1) is 0 Å². The van der Waals surface area contributed by atoms with Gasteiger partial charge in [0.25, 0.3) is 0 Å². The van der Waals surface area contributed by atoms with Crippen LogP contribution in [0.4, 0.5) is 0 Å². The van der Waals surface area contributed by atoms with Crippen molar-refractivity contribution in [1.82, 2.24) is 0 Å². The molecule has 0 saturated heterocycles. The highest BCUT2D eigenvalue weighted by Crippen LogP contribution is 2.16. The number of ketones is 1. The molecule has 19 heavy (non-hydrogen) atoms. The number of rotatable bonds is 6. The molecule has 98 valence electrons. The summed E-state index contributed by atoms with van der Waals surface area (Å²) in [4.78, 5) is 11.8. The van der Waals surface area contributed by atoms with E-state index in [-0.39, 0.29) is 12.4 Å². The quantitative estimate of drug-likeness (QED) is 0.797. The Morgan fingerprint density at radius 3 is 2.21 bits per heavy atom. The number of benzene rings is 2. The molecule has 0 saturated carbocycles. The fourth-order valence-electron chi connectivity index (χ4n) is 1.71. The topological polar surface area (TPSA) is 35.5 Å². The lowest BCUT2D eigenvalue weighted by Gasteiger charge is -2.06. The van der Waals surface area contributed by atoms with Gasteiger partial charge in [-0.05, 0) is 29.8 Å². The number of hydrogen-bond acceptors (Lipinski definition) is 3. The number of carbonyl (C=O) groups excluding carboxylic acids is 1. The first-order valence-corrected chi connectivity index (χ1v) is 6.10. The minimum absolute atomic E-state index is 0.0574. The molecule has 0 heterocycles. The zero-order valence-electron chi connectivity index (χ0n) is 10.8. The Bertz CT molecular complexity index is 517. The maximum Gasteiger partial charge on any atom is 0.174 e. The van der Waals surface area contributed by atoms with Gasteiger partial charge < -0.3 is 9.47 Å². The lowest BCUT2D eigenvalue weighted by molar-refractivity contribution is -0.120. The fraction of sp³-hybridized carbons (Fsp3) is 0.188. The Morgan fingerprint density at radius 1 is 0.947 bits per heavy atom. The third kappa shape index (κ3) is 4.14. The van der Waals surface area contributed by atoms with Crippen molar-refractivity contribution in [2.75, 3.05) is 13.7 Å². The van der Waals surface area contributed by atoms with Gasteiger partial charge in [-0.2, -0.15) is 0 Å². The van der Waals surface area contributed by atoms with E-state index in [9.17, 15) is 4.79 Å². The van der Waals surface area contributed by atoms with E-state index >= 15 is 0 Å². The standard InChI is InChI=1S/C16H16O3/c1-18-15-7-9-16(10-8-15)19-12-14(17)11-13-5-3-2-4-6-13/h2-10H,11-12H2,1H3. The molecule has 0 spiro atoms. The minimum atomic E-state index is 0.0574. The smallest absolute Gasteiger partial charge is 0.174 e. The molecular formula is C16H16O3. The lowest BCUT2D eigenvalue weighted by Crippen LogP contribution is -2.13. The van der Waals surface area contributed by atoms with E-state index in [2.05, 4.69) is 0 Å². The van der Waals surface area contributed by atoms with Crippen LogP contribution in [-0.2, 0) is 11.2 Å². The molecule has 0 N–H and O–H groups in total. The molecule has 0 aliphatic heterocycles. The van der Waals surface area contributed by atoms with Crippen molar-refractivity contribution in [3.05, 3.63) is 60.2 Å². The number of hydrogen-bond donors (Lipinski definition) is 0. The summed E-state index contributed by atoms with van der Waals surface area (Å²) in [5.74, 6) is 1.49. The molecule has 2 aromatic carbocycles. The van der Waals surface area contributed by atoms with E-state index in [1.165, 1.54) is 0 Å². The molecule has 0 aliphatic carbocycles. The Kier molecular flexibility index (Phi) is 4.56. The lowest BCUT2D eigenvalue weighted by atomic mass is 10.1. The highest BCUT2D eigenvalue weighted by Gasteiger charge is 2.04. The van der Waals surface area contributed by atoms with Gasteiger partial charge in [-0.25, -0.2) is 0 Å². The third-order valence-corrected chi connectivity index (χ3v) is 2.70. The van der Waals surface area contributed by atoms with E-state index < -0.39 is 0 Å². The normalized spacial score (nSPS) is 9.95. The summed E-state index contributed by atoms with van der Waals surface area (Å²) in [5, 5.41) is 0. The second kappa shape index (κ2) is 6.59. The van der Waals surface area contributed by atoms with Gasteiger partial charge >= 0.3 is 0 Å². The fourth-order valence-corrected chi connectivity index (χ4v) is 1.71. The highest BCUT2D eigenvalue weighted by atomic mass is 16.5. The van der Waals surface area contributed by atoms with Crippen LogP contribution < -0.4 is 9.47 Å². The molecule has 0 fully saturated rings. The third-order valence-electron chi connectivity index (χ3n) is 2.70. The number of Topliss-reactive ketones (excluding diaryl/α,β-unsaturated/α-hetero) is 1. The maximum atomic E-state index is 11.8. The van der Waals surface area contributed by atoms with Crippen LogP contribution in [0.25, 0.3) is 0 Å². The number of methoxy groups -OCH3 is 1. The second-order valence-electron chi connectivity index (χ2n) is 4.17. The van der Waals surface area contributed by atoms with Gasteiger partial charge in [0.1, 0.15) is 18.1 Å². The van der Waals surface area contributed by atoms with Crippen molar-refractivity contribution in [2.24, 2.45) is 0 Å². The van der Waals surface area contributed by atoms with Crippen LogP contribution >= 0.6 is 0 Å². The summed E-state index contributed by atoms with van der Waals surface area (Å²) < 4.78 is 10.5. The van der Waals surface area contributed by atoms with Crippen LogP contribution in [0.1, 0.15) is 5.56 Å². The zero-order chi connectivity index (χ0) is 13.5. The van der Waals surface area contributed by atoms with Gasteiger partial charge in [0, 0.05) is 6.42 Å². The van der Waals surface area contributed by atoms with Crippen LogP contribution in [-0.4, -0.2) is 19.5 Å². The molecule has 2 rings (SSSR count). The first kappa shape index (κ1) is 13.1. The Labute approximate surface area is 112 Å². The van der Waals surface area contributed by atoms with E-state index in [4.69, 9.17) is 9.47 Å². The highest BCUT2D eigenvalue weighted by molar-refractivity contribution is 5.82. The van der Waals surface area contributed by atoms with Crippen LogP contribution in [0.3, 0.4) is 0 Å². The van der Waals surface area contributed by atoms with Gasteiger partial charge in [-0.1, -0.05) is 30.3 Å². The molecule has 2 aromatic rings. The Hall–Kier alpha value is -2.29. The molecular weight excluding hydrogens is 240 g/mol. The van der Waals surface area contributed by atoms with Crippen molar-refractivity contribution >= 4 is 5.78 Å². The molecule has 0 atom stereocenters. The van der Waals surface area contributed by atoms with Crippen molar-refractivity contribution in [1.29, 1.82) is 0 Å². The molecule has 0 bridgehead atoms. The second-order valence-corrected chi connectivity index (χ2v) is 4.17. The summed E-state index contributed by atoms with van der Waals surface area (Å²) >= 11 is 0. The monoisotopic (exact) mass is 256 g/mol. The summed E-state index contributed by atoms with van der Waals surface area (Å²) in [6.45, 7) is 0.0845. The van der Waals surface area contributed by atoms with Crippen molar-refractivity contribution < 1.29 is 14.3 Å². The van der Waals surface area contributed by atoms with E-state index in [0.29, 0.717) is 12.2 Å². The zero-order valence-corrected chi connectivity index (χ0v) is 10.8. The number of carbonyl (C=O) groups is 1. The van der Waals surface area contributed by atoms with Gasteiger partial charge in [0.2, 0.25) is 0 Å². The van der Waals surface area contributed by atoms with Crippen LogP contribution in [0.2, 0.25) is 0 Å². The predicted octanol–water partition coefficient (Wildman–Crippen LogP) is 2.89. The van der Waals surface area contributed by atoms with E-state index in [0.717, 1.165) is 11.3 Å². The molecule has 3 heteroatoms. The molecule has 0 radical (unpaired) electrons. The Morgan fingerprint density at radius 2 is 1.58 bits per heavy atom. The van der Waals surface area contributed by atoms with Gasteiger partial charge in [0.15, 0.2) is 5.78 Å². The largest absolute Gasteiger partial charge is 0.497 e. The summed E-state index contributed by atoms with van der Waals surface area (Å²) in [6.07, 6.45) is 0.400. The average molecular weight is 256 g/mol. The van der Waals surface area contributed by atoms with Gasteiger partial charge in [-0.3, -0.25) is 4.79 Å². The van der Waals surface area contributed by atoms with E-state index in [1.807, 2.05) is 30.3 Å². The maximum absolute atomic E-state index is 11.8. The Balaban J connectivity index is 1.83.